The van der Waals surface area contributed by atoms with Crippen molar-refractivity contribution in [1.29, 1.82) is 0 Å². The minimum Gasteiger partial charge on any atom is -0.316 e. The second-order valence-corrected chi connectivity index (χ2v) is 2.66. The maximum Gasteiger partial charge on any atom is 0.0575 e. The molecule has 62 valence electrons. The van der Waals surface area contributed by atoms with Crippen LogP contribution in [0.2, 0.25) is 0 Å². The van der Waals surface area contributed by atoms with Crippen molar-refractivity contribution in [3.8, 4) is 0 Å². The fraction of sp³-hybridized carbons (Fsp3) is 1.00. The Morgan fingerprint density at radius 3 is 2.00 bits per heavy atom. The standard InChI is InChI=1S/C8H20N2/c1-4-7(5-2)8(9)10-6-3/h7-8,10H,4-6,9H2,1-3H3. The molecule has 0 aliphatic heterocycles. The SMILES string of the molecule is CCNC(N)C(CC)CC. The second kappa shape index (κ2) is 5.69. The average molecular weight is 144 g/mol. The van der Waals surface area contributed by atoms with Gasteiger partial charge in [-0.25, -0.2) is 0 Å². The Kier molecular flexibility index (Phi) is 5.64. The molecule has 1 atom stereocenters. The molecular formula is C8H20N2. The van der Waals surface area contributed by atoms with Gasteiger partial charge in [0.15, 0.2) is 0 Å². The van der Waals surface area contributed by atoms with E-state index in [9.17, 15) is 0 Å². The number of rotatable bonds is 5. The molecule has 10 heavy (non-hydrogen) atoms. The summed E-state index contributed by atoms with van der Waals surface area (Å²) in [6.07, 6.45) is 2.54. The molecule has 2 nitrogen and oxygen atoms in total. The summed E-state index contributed by atoms with van der Waals surface area (Å²) >= 11 is 0. The molecule has 0 saturated carbocycles. The molecule has 0 aromatic rings. The Morgan fingerprint density at radius 1 is 1.20 bits per heavy atom. The van der Waals surface area contributed by atoms with E-state index in [1.807, 2.05) is 0 Å². The molecule has 0 aliphatic carbocycles. The van der Waals surface area contributed by atoms with Crippen LogP contribution in [0.4, 0.5) is 0 Å². The van der Waals surface area contributed by atoms with E-state index in [4.69, 9.17) is 5.73 Å². The highest BCUT2D eigenvalue weighted by Crippen LogP contribution is 2.08. The molecular weight excluding hydrogens is 124 g/mol. The van der Waals surface area contributed by atoms with Crippen LogP contribution in [0.5, 0.6) is 0 Å². The fourth-order valence-corrected chi connectivity index (χ4v) is 1.20. The maximum absolute atomic E-state index is 5.84. The first kappa shape index (κ1) is 9.92. The van der Waals surface area contributed by atoms with Gasteiger partial charge in [0.2, 0.25) is 0 Å². The van der Waals surface area contributed by atoms with Gasteiger partial charge >= 0.3 is 0 Å². The normalized spacial score (nSPS) is 14.1. The van der Waals surface area contributed by atoms with Gasteiger partial charge in [-0.05, 0) is 12.5 Å². The summed E-state index contributed by atoms with van der Waals surface area (Å²) in [6, 6.07) is 0. The first-order valence-corrected chi connectivity index (χ1v) is 4.25. The molecule has 3 N–H and O–H groups in total. The lowest BCUT2D eigenvalue weighted by atomic mass is 10.0. The lowest BCUT2D eigenvalue weighted by Gasteiger charge is -2.21. The summed E-state index contributed by atoms with van der Waals surface area (Å²) in [4.78, 5) is 0. The van der Waals surface area contributed by atoms with Crippen LogP contribution in [0.3, 0.4) is 0 Å². The van der Waals surface area contributed by atoms with Gasteiger partial charge in [0.25, 0.3) is 0 Å². The summed E-state index contributed by atoms with van der Waals surface area (Å²) in [5.41, 5.74) is 5.84. The fourth-order valence-electron chi connectivity index (χ4n) is 1.20. The number of nitrogens with two attached hydrogens (primary N) is 1. The second-order valence-electron chi connectivity index (χ2n) is 2.66. The molecule has 0 saturated heterocycles. The van der Waals surface area contributed by atoms with Crippen molar-refractivity contribution in [3.05, 3.63) is 0 Å². The number of nitrogens with one attached hydrogen (secondary N) is 1. The molecule has 0 fully saturated rings. The zero-order valence-corrected chi connectivity index (χ0v) is 7.35. The number of hydrogen-bond donors (Lipinski definition) is 2. The van der Waals surface area contributed by atoms with Crippen LogP contribution in [0.25, 0.3) is 0 Å². The van der Waals surface area contributed by atoms with Crippen LogP contribution in [0, 0.1) is 5.92 Å². The van der Waals surface area contributed by atoms with E-state index in [0.29, 0.717) is 5.92 Å². The van der Waals surface area contributed by atoms with E-state index in [-0.39, 0.29) is 6.17 Å². The molecule has 0 rings (SSSR count). The zero-order valence-electron chi connectivity index (χ0n) is 7.35. The summed E-state index contributed by atoms with van der Waals surface area (Å²) < 4.78 is 0. The molecule has 0 bridgehead atoms. The van der Waals surface area contributed by atoms with Gasteiger partial charge in [0, 0.05) is 0 Å². The van der Waals surface area contributed by atoms with Crippen LogP contribution in [0.15, 0.2) is 0 Å². The van der Waals surface area contributed by atoms with Crippen molar-refractivity contribution >= 4 is 0 Å². The maximum atomic E-state index is 5.84. The van der Waals surface area contributed by atoms with Gasteiger partial charge in [0.1, 0.15) is 0 Å². The topological polar surface area (TPSA) is 38.0 Å². The Morgan fingerprint density at radius 2 is 1.70 bits per heavy atom. The average Bonchev–Trinajstić information content (AvgIpc) is 1.91. The van der Waals surface area contributed by atoms with E-state index in [2.05, 4.69) is 26.1 Å². The van der Waals surface area contributed by atoms with Crippen molar-refractivity contribution in [1.82, 2.24) is 5.32 Å². The molecule has 0 aromatic carbocycles. The summed E-state index contributed by atoms with van der Waals surface area (Å²) in [5, 5.41) is 3.23. The van der Waals surface area contributed by atoms with E-state index in [1.165, 1.54) is 12.8 Å². The summed E-state index contributed by atoms with van der Waals surface area (Å²) in [7, 11) is 0. The van der Waals surface area contributed by atoms with Crippen molar-refractivity contribution in [2.75, 3.05) is 6.54 Å². The Balaban J connectivity index is 3.53. The van der Waals surface area contributed by atoms with Gasteiger partial charge in [-0.3, -0.25) is 0 Å². The largest absolute Gasteiger partial charge is 0.316 e. The van der Waals surface area contributed by atoms with E-state index in [0.717, 1.165) is 6.54 Å². The zero-order chi connectivity index (χ0) is 7.98. The molecule has 0 amide bonds. The molecule has 1 unspecified atom stereocenters. The molecule has 0 aromatic heterocycles. The predicted octanol–water partition coefficient (Wildman–Crippen LogP) is 1.32. The summed E-state index contributed by atoms with van der Waals surface area (Å²) in [5.74, 6) is 0.639. The van der Waals surface area contributed by atoms with Crippen LogP contribution >= 0.6 is 0 Å². The van der Waals surface area contributed by atoms with Crippen molar-refractivity contribution in [2.24, 2.45) is 11.7 Å². The minimum atomic E-state index is 0.194. The number of hydrogen-bond acceptors (Lipinski definition) is 2. The Hall–Kier alpha value is -0.0800. The van der Waals surface area contributed by atoms with Gasteiger partial charge in [-0.1, -0.05) is 33.6 Å². The third kappa shape index (κ3) is 3.18. The lowest BCUT2D eigenvalue weighted by molar-refractivity contribution is 0.347. The van der Waals surface area contributed by atoms with Crippen LogP contribution in [0.1, 0.15) is 33.6 Å². The molecule has 0 heterocycles. The first-order chi connectivity index (χ1) is 4.76. The van der Waals surface area contributed by atoms with Crippen LogP contribution < -0.4 is 11.1 Å². The van der Waals surface area contributed by atoms with Crippen molar-refractivity contribution in [2.45, 2.75) is 39.8 Å². The predicted molar refractivity (Wildman–Crippen MR) is 45.7 cm³/mol. The van der Waals surface area contributed by atoms with E-state index in [1.54, 1.807) is 0 Å². The van der Waals surface area contributed by atoms with Crippen LogP contribution in [-0.2, 0) is 0 Å². The van der Waals surface area contributed by atoms with Crippen molar-refractivity contribution in [3.63, 3.8) is 0 Å². The van der Waals surface area contributed by atoms with Gasteiger partial charge < -0.3 is 11.1 Å². The minimum absolute atomic E-state index is 0.194. The van der Waals surface area contributed by atoms with E-state index < -0.39 is 0 Å². The molecule has 0 aliphatic rings. The van der Waals surface area contributed by atoms with Crippen molar-refractivity contribution < 1.29 is 0 Å². The lowest BCUT2D eigenvalue weighted by Crippen LogP contribution is -2.43. The molecule has 2 heteroatoms. The third-order valence-corrected chi connectivity index (χ3v) is 2.00. The van der Waals surface area contributed by atoms with Gasteiger partial charge in [0.05, 0.1) is 6.17 Å². The Labute approximate surface area is 64.2 Å². The highest BCUT2D eigenvalue weighted by Gasteiger charge is 2.11. The smallest absolute Gasteiger partial charge is 0.0575 e. The van der Waals surface area contributed by atoms with Crippen LogP contribution in [-0.4, -0.2) is 12.7 Å². The summed E-state index contributed by atoms with van der Waals surface area (Å²) in [6.45, 7) is 7.43. The van der Waals surface area contributed by atoms with E-state index >= 15 is 0 Å². The van der Waals surface area contributed by atoms with Gasteiger partial charge in [-0.2, -0.15) is 0 Å². The molecule has 0 radical (unpaired) electrons. The van der Waals surface area contributed by atoms with Gasteiger partial charge in [-0.15, -0.1) is 0 Å². The quantitative estimate of drug-likeness (QED) is 0.571. The molecule has 0 spiro atoms. The highest BCUT2D eigenvalue weighted by molar-refractivity contribution is 4.67. The monoisotopic (exact) mass is 144 g/mol. The third-order valence-electron chi connectivity index (χ3n) is 2.00. The Bertz CT molecular complexity index is 69.7. The first-order valence-electron chi connectivity index (χ1n) is 4.25. The highest BCUT2D eigenvalue weighted by atomic mass is 15.0.